The molecule has 0 unspecified atom stereocenters. The highest BCUT2D eigenvalue weighted by Gasteiger charge is 2.35. The van der Waals surface area contributed by atoms with Crippen molar-refractivity contribution in [2.24, 2.45) is 11.1 Å². The fourth-order valence-electron chi connectivity index (χ4n) is 3.28. The van der Waals surface area contributed by atoms with Crippen LogP contribution in [-0.4, -0.2) is 42.4 Å². The molecule has 0 radical (unpaired) electrons. The van der Waals surface area contributed by atoms with E-state index in [0.717, 1.165) is 31.2 Å². The van der Waals surface area contributed by atoms with Crippen LogP contribution >= 0.6 is 12.4 Å². The van der Waals surface area contributed by atoms with Crippen LogP contribution in [0.5, 0.6) is 0 Å². The molecule has 5 nitrogen and oxygen atoms in total. The average molecular weight is 368 g/mol. The van der Waals surface area contributed by atoms with Crippen molar-refractivity contribution in [1.29, 1.82) is 0 Å². The third-order valence-corrected chi connectivity index (χ3v) is 5.36. The molecule has 6 heteroatoms. The Bertz CT molecular complexity index is 545. The summed E-state index contributed by atoms with van der Waals surface area (Å²) in [5.74, 6) is 0.127. The van der Waals surface area contributed by atoms with Crippen molar-refractivity contribution in [3.05, 3.63) is 35.9 Å². The maximum absolute atomic E-state index is 12.6. The first kappa shape index (κ1) is 21.5. The summed E-state index contributed by atoms with van der Waals surface area (Å²) in [5.41, 5.74) is 6.11. The molecule has 25 heavy (non-hydrogen) atoms. The van der Waals surface area contributed by atoms with E-state index in [9.17, 15) is 9.59 Å². The largest absolute Gasteiger partial charge is 0.353 e. The Kier molecular flexibility index (Phi) is 8.39. The number of benzene rings is 1. The summed E-state index contributed by atoms with van der Waals surface area (Å²) in [6.07, 6.45) is 3.07. The predicted octanol–water partition coefficient (Wildman–Crippen LogP) is 2.59. The highest BCUT2D eigenvalue weighted by molar-refractivity contribution is 5.94. The molecule has 1 saturated heterocycles. The molecule has 0 atom stereocenters. The fraction of sp³-hybridized carbons (Fsp3) is 0.579. The minimum Gasteiger partial charge on any atom is -0.353 e. The van der Waals surface area contributed by atoms with Gasteiger partial charge in [-0.3, -0.25) is 9.59 Å². The number of piperidine rings is 1. The maximum Gasteiger partial charge on any atom is 0.253 e. The van der Waals surface area contributed by atoms with Gasteiger partial charge in [0.05, 0.1) is 5.41 Å². The van der Waals surface area contributed by atoms with E-state index in [1.807, 2.05) is 49.1 Å². The van der Waals surface area contributed by atoms with Crippen LogP contribution in [-0.2, 0) is 4.79 Å². The topological polar surface area (TPSA) is 75.4 Å². The molecular formula is C19H30ClN3O2. The van der Waals surface area contributed by atoms with Crippen LogP contribution in [0, 0.1) is 5.41 Å². The number of carbonyl (C=O) groups is 2. The maximum atomic E-state index is 12.6. The van der Waals surface area contributed by atoms with Gasteiger partial charge in [-0.05, 0) is 37.8 Å². The van der Waals surface area contributed by atoms with E-state index in [-0.39, 0.29) is 30.3 Å². The lowest BCUT2D eigenvalue weighted by Crippen LogP contribution is -2.52. The number of likely N-dealkylation sites (tertiary alicyclic amines) is 1. The predicted molar refractivity (Wildman–Crippen MR) is 103 cm³/mol. The molecule has 1 fully saturated rings. The fourth-order valence-corrected chi connectivity index (χ4v) is 3.28. The number of hydrogen-bond donors (Lipinski definition) is 2. The van der Waals surface area contributed by atoms with Crippen molar-refractivity contribution in [1.82, 2.24) is 10.2 Å². The second-order valence-electron chi connectivity index (χ2n) is 6.60. The Balaban J connectivity index is 0.00000312. The van der Waals surface area contributed by atoms with Gasteiger partial charge in [0.1, 0.15) is 0 Å². The zero-order valence-corrected chi connectivity index (χ0v) is 16.0. The SMILES string of the molecule is CCC(CC)(CN)C(=O)NC1CCN(C(=O)c2ccccc2)CC1.Cl. The van der Waals surface area contributed by atoms with E-state index in [1.165, 1.54) is 0 Å². The highest BCUT2D eigenvalue weighted by Crippen LogP contribution is 2.26. The molecule has 2 rings (SSSR count). The van der Waals surface area contributed by atoms with Crippen molar-refractivity contribution >= 4 is 24.2 Å². The Labute approximate surface area is 156 Å². The van der Waals surface area contributed by atoms with Crippen LogP contribution in [0.3, 0.4) is 0 Å². The molecule has 0 bridgehead atoms. The minimum atomic E-state index is -0.461. The van der Waals surface area contributed by atoms with Crippen molar-refractivity contribution in [3.8, 4) is 0 Å². The summed E-state index contributed by atoms with van der Waals surface area (Å²) in [4.78, 5) is 26.9. The summed E-state index contributed by atoms with van der Waals surface area (Å²) in [5, 5.41) is 3.15. The van der Waals surface area contributed by atoms with Crippen LogP contribution in [0.25, 0.3) is 0 Å². The van der Waals surface area contributed by atoms with Gasteiger partial charge in [0.25, 0.3) is 5.91 Å². The molecule has 3 N–H and O–H groups in total. The van der Waals surface area contributed by atoms with Gasteiger partial charge in [-0.25, -0.2) is 0 Å². The Morgan fingerprint density at radius 2 is 1.72 bits per heavy atom. The van der Waals surface area contributed by atoms with Crippen molar-refractivity contribution in [2.75, 3.05) is 19.6 Å². The number of carbonyl (C=O) groups excluding carboxylic acids is 2. The van der Waals surface area contributed by atoms with Crippen molar-refractivity contribution in [2.45, 2.75) is 45.6 Å². The molecule has 1 aromatic carbocycles. The molecule has 0 saturated carbocycles. The van der Waals surface area contributed by atoms with Gasteiger partial charge in [-0.15, -0.1) is 12.4 Å². The minimum absolute atomic E-state index is 0. The Morgan fingerprint density at radius 1 is 1.16 bits per heavy atom. The molecule has 1 aliphatic heterocycles. The van der Waals surface area contributed by atoms with E-state index in [4.69, 9.17) is 5.73 Å². The van der Waals surface area contributed by atoms with Crippen LogP contribution < -0.4 is 11.1 Å². The lowest BCUT2D eigenvalue weighted by Gasteiger charge is -2.35. The molecule has 140 valence electrons. The third kappa shape index (κ3) is 4.95. The molecule has 0 spiro atoms. The lowest BCUT2D eigenvalue weighted by molar-refractivity contribution is -0.132. The zero-order valence-electron chi connectivity index (χ0n) is 15.2. The monoisotopic (exact) mass is 367 g/mol. The quantitative estimate of drug-likeness (QED) is 0.811. The number of halogens is 1. The first-order valence-electron chi connectivity index (χ1n) is 8.91. The first-order chi connectivity index (χ1) is 11.6. The molecule has 1 heterocycles. The van der Waals surface area contributed by atoms with Crippen molar-refractivity contribution < 1.29 is 9.59 Å². The second kappa shape index (κ2) is 9.78. The highest BCUT2D eigenvalue weighted by atomic mass is 35.5. The van der Waals surface area contributed by atoms with Gasteiger partial charge in [-0.1, -0.05) is 32.0 Å². The van der Waals surface area contributed by atoms with Crippen LogP contribution in [0.15, 0.2) is 30.3 Å². The normalized spacial score (nSPS) is 15.4. The summed E-state index contributed by atoms with van der Waals surface area (Å²) in [6.45, 7) is 5.74. The second-order valence-corrected chi connectivity index (χ2v) is 6.60. The molecule has 0 aromatic heterocycles. The third-order valence-electron chi connectivity index (χ3n) is 5.36. The van der Waals surface area contributed by atoms with E-state index < -0.39 is 5.41 Å². The van der Waals surface area contributed by atoms with Crippen LogP contribution in [0.2, 0.25) is 0 Å². The van der Waals surface area contributed by atoms with Crippen LogP contribution in [0.4, 0.5) is 0 Å². The number of nitrogens with two attached hydrogens (primary N) is 1. The summed E-state index contributed by atoms with van der Waals surface area (Å²) in [7, 11) is 0. The molecule has 1 aromatic rings. The van der Waals surface area contributed by atoms with Crippen molar-refractivity contribution in [3.63, 3.8) is 0 Å². The van der Waals surface area contributed by atoms with Crippen LogP contribution in [0.1, 0.15) is 49.9 Å². The van der Waals surface area contributed by atoms with Gasteiger partial charge in [0, 0.05) is 31.2 Å². The zero-order chi connectivity index (χ0) is 17.6. The lowest BCUT2D eigenvalue weighted by atomic mass is 9.81. The van der Waals surface area contributed by atoms with E-state index in [0.29, 0.717) is 19.6 Å². The van der Waals surface area contributed by atoms with Gasteiger partial charge >= 0.3 is 0 Å². The van der Waals surface area contributed by atoms with Gasteiger partial charge in [0.2, 0.25) is 5.91 Å². The van der Waals surface area contributed by atoms with Gasteiger partial charge in [0.15, 0.2) is 0 Å². The first-order valence-corrected chi connectivity index (χ1v) is 8.91. The molecule has 2 amide bonds. The Morgan fingerprint density at radius 3 is 2.20 bits per heavy atom. The van der Waals surface area contributed by atoms with E-state index in [1.54, 1.807) is 0 Å². The summed E-state index contributed by atoms with van der Waals surface area (Å²) >= 11 is 0. The Hall–Kier alpha value is -1.59. The van der Waals surface area contributed by atoms with Gasteiger partial charge < -0.3 is 16.0 Å². The number of amides is 2. The number of hydrogen-bond acceptors (Lipinski definition) is 3. The summed E-state index contributed by atoms with van der Waals surface area (Å²) in [6, 6.07) is 9.47. The smallest absolute Gasteiger partial charge is 0.253 e. The molecular weight excluding hydrogens is 338 g/mol. The number of nitrogens with one attached hydrogen (secondary N) is 1. The van der Waals surface area contributed by atoms with Gasteiger partial charge in [-0.2, -0.15) is 0 Å². The number of nitrogens with zero attached hydrogens (tertiary/aromatic N) is 1. The average Bonchev–Trinajstić information content (AvgIpc) is 2.64. The van der Waals surface area contributed by atoms with E-state index in [2.05, 4.69) is 5.32 Å². The summed E-state index contributed by atoms with van der Waals surface area (Å²) < 4.78 is 0. The molecule has 0 aliphatic carbocycles. The molecule has 1 aliphatic rings. The van der Waals surface area contributed by atoms with E-state index >= 15 is 0 Å². The standard InChI is InChI=1S/C19H29N3O2.ClH/c1-3-19(4-2,14-20)18(24)21-16-10-12-22(13-11-16)17(23)15-8-6-5-7-9-15;/h5-9,16H,3-4,10-14,20H2,1-2H3,(H,21,24);1H. The number of rotatable bonds is 6.